The molecular weight excluding hydrogens is 224 g/mol. The summed E-state index contributed by atoms with van der Waals surface area (Å²) >= 11 is 0. The third-order valence-electron chi connectivity index (χ3n) is 3.02. The fourth-order valence-corrected chi connectivity index (χ4v) is 2.54. The number of benzene rings is 1. The quantitative estimate of drug-likeness (QED) is 0.759. The number of hydrogen-bond acceptors (Lipinski definition) is 3. The lowest BCUT2D eigenvalue weighted by molar-refractivity contribution is 0.296. The van der Waals surface area contributed by atoms with E-state index in [0.29, 0.717) is 18.4 Å². The molecule has 2 rings (SSSR count). The van der Waals surface area contributed by atoms with Crippen LogP contribution in [0.2, 0.25) is 0 Å². The Morgan fingerprint density at radius 3 is 2.38 bits per heavy atom. The molecule has 88 valence electrons. The summed E-state index contributed by atoms with van der Waals surface area (Å²) in [4.78, 5) is 0.242. The monoisotopic (exact) mass is 240 g/mol. The molecule has 0 saturated heterocycles. The maximum absolute atomic E-state index is 11.8. The molecule has 1 aliphatic rings. The molecule has 0 amide bonds. The lowest BCUT2D eigenvalue weighted by Gasteiger charge is -2.05. The van der Waals surface area contributed by atoms with Crippen molar-refractivity contribution in [1.29, 1.82) is 0 Å². The number of hydrogen-bond donors (Lipinski definition) is 0. The maximum atomic E-state index is 11.8. The van der Waals surface area contributed by atoms with Crippen LogP contribution >= 0.6 is 0 Å². The van der Waals surface area contributed by atoms with E-state index in [4.69, 9.17) is 4.18 Å². The van der Waals surface area contributed by atoms with E-state index in [1.807, 2.05) is 6.92 Å². The molecule has 0 bridgehead atoms. The fraction of sp³-hybridized carbons (Fsp3) is 0.500. The SMILES string of the molecule is Cc1ccc(S(=O)(=O)OC[C@@H]2C[C@H]2C)cc1. The van der Waals surface area contributed by atoms with Crippen molar-refractivity contribution in [3.63, 3.8) is 0 Å². The van der Waals surface area contributed by atoms with Gasteiger partial charge >= 0.3 is 0 Å². The van der Waals surface area contributed by atoms with Crippen molar-refractivity contribution < 1.29 is 12.6 Å². The standard InChI is InChI=1S/C12H16O3S/c1-9-3-5-12(6-4-9)16(13,14)15-8-11-7-10(11)2/h3-6,10-11H,7-8H2,1-2H3/t10-,11+/m1/s1. The molecule has 0 heterocycles. The molecule has 3 nitrogen and oxygen atoms in total. The first kappa shape index (κ1) is 11.6. The van der Waals surface area contributed by atoms with E-state index < -0.39 is 10.1 Å². The van der Waals surface area contributed by atoms with Crippen LogP contribution in [0.15, 0.2) is 29.2 Å². The summed E-state index contributed by atoms with van der Waals surface area (Å²) in [7, 11) is -3.56. The van der Waals surface area contributed by atoms with Crippen LogP contribution in [0.1, 0.15) is 18.9 Å². The largest absolute Gasteiger partial charge is 0.296 e. The highest BCUT2D eigenvalue weighted by Gasteiger charge is 2.34. The molecule has 0 radical (unpaired) electrons. The van der Waals surface area contributed by atoms with E-state index in [0.717, 1.165) is 12.0 Å². The van der Waals surface area contributed by atoms with Crippen LogP contribution < -0.4 is 0 Å². The minimum absolute atomic E-state index is 0.242. The third kappa shape index (κ3) is 2.62. The van der Waals surface area contributed by atoms with Crippen molar-refractivity contribution in [3.8, 4) is 0 Å². The average molecular weight is 240 g/mol. The van der Waals surface area contributed by atoms with Crippen LogP contribution in [-0.2, 0) is 14.3 Å². The molecular formula is C12H16O3S. The van der Waals surface area contributed by atoms with Crippen molar-refractivity contribution >= 4 is 10.1 Å². The van der Waals surface area contributed by atoms with Crippen LogP contribution in [0.25, 0.3) is 0 Å². The van der Waals surface area contributed by atoms with E-state index in [-0.39, 0.29) is 4.90 Å². The number of aryl methyl sites for hydroxylation is 1. The Labute approximate surface area is 96.6 Å². The first-order chi connectivity index (χ1) is 7.49. The second kappa shape index (κ2) is 4.18. The smallest absolute Gasteiger partial charge is 0.266 e. The van der Waals surface area contributed by atoms with Gasteiger partial charge in [-0.3, -0.25) is 4.18 Å². The van der Waals surface area contributed by atoms with Gasteiger partial charge in [-0.25, -0.2) is 0 Å². The van der Waals surface area contributed by atoms with Crippen LogP contribution in [0.4, 0.5) is 0 Å². The van der Waals surface area contributed by atoms with Crippen molar-refractivity contribution in [2.24, 2.45) is 11.8 Å². The summed E-state index contributed by atoms with van der Waals surface area (Å²) < 4.78 is 28.5. The molecule has 0 spiro atoms. The van der Waals surface area contributed by atoms with Gasteiger partial charge in [-0.15, -0.1) is 0 Å². The van der Waals surface area contributed by atoms with Gasteiger partial charge < -0.3 is 0 Å². The van der Waals surface area contributed by atoms with Gasteiger partial charge in [0.2, 0.25) is 0 Å². The van der Waals surface area contributed by atoms with Crippen LogP contribution in [0.5, 0.6) is 0 Å². The Morgan fingerprint density at radius 1 is 1.31 bits per heavy atom. The Hall–Kier alpha value is -0.870. The molecule has 1 aromatic rings. The molecule has 1 aromatic carbocycles. The second-order valence-corrected chi connectivity index (χ2v) is 6.14. The zero-order chi connectivity index (χ0) is 11.8. The van der Waals surface area contributed by atoms with Gasteiger partial charge in [-0.05, 0) is 37.3 Å². The van der Waals surface area contributed by atoms with Crippen molar-refractivity contribution in [1.82, 2.24) is 0 Å². The Balaban J connectivity index is 2.03. The molecule has 0 N–H and O–H groups in total. The number of rotatable bonds is 4. The van der Waals surface area contributed by atoms with Crippen molar-refractivity contribution in [3.05, 3.63) is 29.8 Å². The van der Waals surface area contributed by atoms with Crippen molar-refractivity contribution in [2.45, 2.75) is 25.2 Å². The zero-order valence-corrected chi connectivity index (χ0v) is 10.3. The lowest BCUT2D eigenvalue weighted by atomic mass is 10.2. The van der Waals surface area contributed by atoms with Crippen LogP contribution in [0, 0.1) is 18.8 Å². The van der Waals surface area contributed by atoms with Crippen molar-refractivity contribution in [2.75, 3.05) is 6.61 Å². The third-order valence-corrected chi connectivity index (χ3v) is 4.32. The molecule has 1 aliphatic carbocycles. The predicted molar refractivity (Wildman–Crippen MR) is 61.6 cm³/mol. The maximum Gasteiger partial charge on any atom is 0.296 e. The molecule has 0 unspecified atom stereocenters. The predicted octanol–water partition coefficient (Wildman–Crippen LogP) is 2.36. The Morgan fingerprint density at radius 2 is 1.88 bits per heavy atom. The van der Waals surface area contributed by atoms with Gasteiger partial charge in [0.05, 0.1) is 11.5 Å². The molecule has 4 heteroatoms. The summed E-state index contributed by atoms with van der Waals surface area (Å²) in [6.07, 6.45) is 1.07. The summed E-state index contributed by atoms with van der Waals surface area (Å²) in [5.74, 6) is 1.02. The average Bonchev–Trinajstić information content (AvgIpc) is 2.93. The minimum Gasteiger partial charge on any atom is -0.266 e. The minimum atomic E-state index is -3.56. The Kier molecular flexibility index (Phi) is 3.04. The topological polar surface area (TPSA) is 43.4 Å². The van der Waals surface area contributed by atoms with Gasteiger partial charge in [-0.1, -0.05) is 24.6 Å². The highest BCUT2D eigenvalue weighted by molar-refractivity contribution is 7.86. The van der Waals surface area contributed by atoms with Gasteiger partial charge in [0.25, 0.3) is 10.1 Å². The molecule has 2 atom stereocenters. The van der Waals surface area contributed by atoms with Crippen LogP contribution in [-0.4, -0.2) is 15.0 Å². The van der Waals surface area contributed by atoms with E-state index in [1.165, 1.54) is 0 Å². The molecule has 1 saturated carbocycles. The first-order valence-electron chi connectivity index (χ1n) is 5.45. The van der Waals surface area contributed by atoms with E-state index in [9.17, 15) is 8.42 Å². The summed E-state index contributed by atoms with van der Waals surface area (Å²) in [6.45, 7) is 4.34. The summed E-state index contributed by atoms with van der Waals surface area (Å²) in [6, 6.07) is 6.72. The zero-order valence-electron chi connectivity index (χ0n) is 9.51. The van der Waals surface area contributed by atoms with E-state index in [2.05, 4.69) is 6.92 Å². The highest BCUT2D eigenvalue weighted by Crippen LogP contribution is 2.38. The normalized spacial score (nSPS) is 24.4. The van der Waals surface area contributed by atoms with E-state index >= 15 is 0 Å². The van der Waals surface area contributed by atoms with E-state index in [1.54, 1.807) is 24.3 Å². The summed E-state index contributed by atoms with van der Waals surface area (Å²) in [5, 5.41) is 0. The van der Waals surface area contributed by atoms with Gasteiger partial charge in [-0.2, -0.15) is 8.42 Å². The molecule has 1 fully saturated rings. The lowest BCUT2D eigenvalue weighted by Crippen LogP contribution is -2.09. The molecule has 0 aromatic heterocycles. The fourth-order valence-electron chi connectivity index (χ4n) is 1.58. The summed E-state index contributed by atoms with van der Waals surface area (Å²) in [5.41, 5.74) is 1.04. The van der Waals surface area contributed by atoms with Gasteiger partial charge in [0.15, 0.2) is 0 Å². The second-order valence-electron chi connectivity index (χ2n) is 4.52. The first-order valence-corrected chi connectivity index (χ1v) is 6.86. The van der Waals surface area contributed by atoms with Gasteiger partial charge in [0.1, 0.15) is 0 Å². The molecule has 0 aliphatic heterocycles. The van der Waals surface area contributed by atoms with Gasteiger partial charge in [0, 0.05) is 0 Å². The molecule has 16 heavy (non-hydrogen) atoms. The van der Waals surface area contributed by atoms with Crippen LogP contribution in [0.3, 0.4) is 0 Å². The highest BCUT2D eigenvalue weighted by atomic mass is 32.2. The Bertz CT molecular complexity index is 462.